The van der Waals surface area contributed by atoms with Crippen LogP contribution in [0.25, 0.3) is 0 Å². The van der Waals surface area contributed by atoms with Crippen molar-refractivity contribution in [3.8, 4) is 5.75 Å². The molecule has 0 fully saturated rings. The number of carboxylic acid groups (broad SMARTS) is 1. The fourth-order valence-corrected chi connectivity index (χ4v) is 3.32. The third kappa shape index (κ3) is 6.12. The zero-order valence-electron chi connectivity index (χ0n) is 13.1. The second-order valence-electron chi connectivity index (χ2n) is 5.32. The van der Waals surface area contributed by atoms with E-state index < -0.39 is 16.0 Å². The number of rotatable bonds is 7. The van der Waals surface area contributed by atoms with Gasteiger partial charge < -0.3 is 9.84 Å². The Morgan fingerprint density at radius 1 is 1.16 bits per heavy atom. The van der Waals surface area contributed by atoms with E-state index in [2.05, 4.69) is 4.72 Å². The number of halogens is 2. The molecule has 0 unspecified atom stereocenters. The minimum absolute atomic E-state index is 0.108. The molecule has 0 aliphatic rings. The summed E-state index contributed by atoms with van der Waals surface area (Å²) in [6.07, 6.45) is 0.868. The number of anilines is 1. The number of aliphatic carboxylic acids is 1. The van der Waals surface area contributed by atoms with Crippen LogP contribution in [0.3, 0.4) is 0 Å². The van der Waals surface area contributed by atoms with E-state index in [0.717, 1.165) is 6.26 Å². The van der Waals surface area contributed by atoms with E-state index >= 15 is 0 Å². The van der Waals surface area contributed by atoms with Crippen molar-refractivity contribution in [3.05, 3.63) is 57.6 Å². The molecule has 2 rings (SSSR count). The lowest BCUT2D eigenvalue weighted by molar-refractivity contribution is -0.136. The highest BCUT2D eigenvalue weighted by Gasteiger charge is 2.12. The molecule has 6 nitrogen and oxygen atoms in total. The van der Waals surface area contributed by atoms with E-state index in [4.69, 9.17) is 33.0 Å². The minimum Gasteiger partial charge on any atom is -0.486 e. The van der Waals surface area contributed by atoms with Crippen molar-refractivity contribution < 1.29 is 23.1 Å². The Balaban J connectivity index is 2.14. The molecule has 0 saturated heterocycles. The second-order valence-corrected chi connectivity index (χ2v) is 7.89. The normalized spacial score (nSPS) is 11.2. The van der Waals surface area contributed by atoms with Gasteiger partial charge in [-0.25, -0.2) is 8.42 Å². The molecule has 0 radical (unpaired) electrons. The molecule has 9 heteroatoms. The fraction of sp³-hybridized carbons (Fsp3) is 0.188. The summed E-state index contributed by atoms with van der Waals surface area (Å²) in [5.41, 5.74) is 1.59. The predicted molar refractivity (Wildman–Crippen MR) is 97.0 cm³/mol. The number of ether oxygens (including phenoxy) is 1. The van der Waals surface area contributed by atoms with Gasteiger partial charge in [0.1, 0.15) is 6.61 Å². The molecular weight excluding hydrogens is 389 g/mol. The Morgan fingerprint density at radius 2 is 1.80 bits per heavy atom. The summed E-state index contributed by atoms with van der Waals surface area (Å²) in [5.74, 6) is -0.755. The molecule has 2 aromatic carbocycles. The molecule has 0 aliphatic heterocycles. The molecule has 0 aromatic heterocycles. The predicted octanol–water partition coefficient (Wildman–Crippen LogP) is 3.57. The molecule has 0 spiro atoms. The standard InChI is InChI=1S/C16H15Cl2NO5S/c1-25(22,23)19-12-4-2-3-10(5-12)9-24-16-13(17)6-11(7-14(16)18)8-15(20)21/h2-7,19H,8-9H2,1H3,(H,20,21). The average Bonchev–Trinajstić information content (AvgIpc) is 2.44. The van der Waals surface area contributed by atoms with Crippen molar-refractivity contribution in [1.82, 2.24) is 0 Å². The van der Waals surface area contributed by atoms with Crippen molar-refractivity contribution in [2.45, 2.75) is 13.0 Å². The first kappa shape index (κ1) is 19.4. The third-order valence-corrected chi connectivity index (χ3v) is 4.19. The van der Waals surface area contributed by atoms with E-state index in [-0.39, 0.29) is 28.8 Å². The molecule has 134 valence electrons. The van der Waals surface area contributed by atoms with Crippen LogP contribution in [0.15, 0.2) is 36.4 Å². The van der Waals surface area contributed by atoms with Crippen LogP contribution < -0.4 is 9.46 Å². The SMILES string of the molecule is CS(=O)(=O)Nc1cccc(COc2c(Cl)cc(CC(=O)O)cc2Cl)c1. The molecule has 0 atom stereocenters. The smallest absolute Gasteiger partial charge is 0.307 e. The van der Waals surface area contributed by atoms with Crippen molar-refractivity contribution in [1.29, 1.82) is 0 Å². The van der Waals surface area contributed by atoms with Gasteiger partial charge in [0.25, 0.3) is 0 Å². The number of hydrogen-bond acceptors (Lipinski definition) is 4. The summed E-state index contributed by atoms with van der Waals surface area (Å²) < 4.78 is 30.5. The number of carbonyl (C=O) groups is 1. The zero-order chi connectivity index (χ0) is 18.6. The number of carboxylic acids is 1. The molecule has 0 bridgehead atoms. The summed E-state index contributed by atoms with van der Waals surface area (Å²) in [4.78, 5) is 10.8. The van der Waals surface area contributed by atoms with Crippen LogP contribution in [0, 0.1) is 0 Å². The lowest BCUT2D eigenvalue weighted by Crippen LogP contribution is -2.09. The molecule has 2 aromatic rings. The molecule has 0 heterocycles. The van der Waals surface area contributed by atoms with Crippen LogP contribution in [0.2, 0.25) is 10.0 Å². The average molecular weight is 404 g/mol. The van der Waals surface area contributed by atoms with Gasteiger partial charge in [-0.15, -0.1) is 0 Å². The Kier molecular flexibility index (Phi) is 6.16. The van der Waals surface area contributed by atoms with E-state index in [0.29, 0.717) is 16.8 Å². The van der Waals surface area contributed by atoms with Crippen molar-refractivity contribution in [2.24, 2.45) is 0 Å². The van der Waals surface area contributed by atoms with Gasteiger partial charge in [-0.1, -0.05) is 35.3 Å². The van der Waals surface area contributed by atoms with Crippen LogP contribution in [-0.4, -0.2) is 25.7 Å². The maximum absolute atomic E-state index is 11.3. The first-order valence-electron chi connectivity index (χ1n) is 7.03. The van der Waals surface area contributed by atoms with Crippen LogP contribution in [0.4, 0.5) is 5.69 Å². The second kappa shape index (κ2) is 7.95. The van der Waals surface area contributed by atoms with Crippen molar-refractivity contribution >= 4 is 44.9 Å². The molecular formula is C16H15Cl2NO5S. The van der Waals surface area contributed by atoms with Gasteiger partial charge in [-0.05, 0) is 35.4 Å². The van der Waals surface area contributed by atoms with Gasteiger partial charge in [0.15, 0.2) is 5.75 Å². The lowest BCUT2D eigenvalue weighted by atomic mass is 10.1. The number of hydrogen-bond donors (Lipinski definition) is 2. The van der Waals surface area contributed by atoms with E-state index in [9.17, 15) is 13.2 Å². The van der Waals surface area contributed by atoms with Gasteiger partial charge in [0.05, 0.1) is 22.7 Å². The van der Waals surface area contributed by atoms with Crippen molar-refractivity contribution in [2.75, 3.05) is 11.0 Å². The molecule has 0 aliphatic carbocycles. The van der Waals surface area contributed by atoms with Gasteiger partial charge in [0, 0.05) is 5.69 Å². The van der Waals surface area contributed by atoms with Gasteiger partial charge in [-0.2, -0.15) is 0 Å². The molecule has 25 heavy (non-hydrogen) atoms. The Morgan fingerprint density at radius 3 is 2.36 bits per heavy atom. The quantitative estimate of drug-likeness (QED) is 0.736. The Hall–Kier alpha value is -1.96. The zero-order valence-corrected chi connectivity index (χ0v) is 15.5. The van der Waals surface area contributed by atoms with Crippen molar-refractivity contribution in [3.63, 3.8) is 0 Å². The first-order valence-corrected chi connectivity index (χ1v) is 9.68. The maximum Gasteiger partial charge on any atom is 0.307 e. The number of nitrogens with one attached hydrogen (secondary N) is 1. The van der Waals surface area contributed by atoms with E-state index in [1.807, 2.05) is 0 Å². The highest BCUT2D eigenvalue weighted by atomic mass is 35.5. The first-order chi connectivity index (χ1) is 11.6. The highest BCUT2D eigenvalue weighted by Crippen LogP contribution is 2.35. The van der Waals surface area contributed by atoms with Gasteiger partial charge in [0.2, 0.25) is 10.0 Å². The van der Waals surface area contributed by atoms with Crippen LogP contribution in [0.1, 0.15) is 11.1 Å². The van der Waals surface area contributed by atoms with Crippen LogP contribution in [-0.2, 0) is 27.8 Å². The number of benzene rings is 2. The van der Waals surface area contributed by atoms with Crippen LogP contribution in [0.5, 0.6) is 5.75 Å². The van der Waals surface area contributed by atoms with Crippen LogP contribution >= 0.6 is 23.2 Å². The molecule has 0 saturated carbocycles. The summed E-state index contributed by atoms with van der Waals surface area (Å²) in [6.45, 7) is 0.108. The third-order valence-electron chi connectivity index (χ3n) is 3.03. The topological polar surface area (TPSA) is 92.7 Å². The summed E-state index contributed by atoms with van der Waals surface area (Å²) >= 11 is 12.2. The Bertz CT molecular complexity index is 876. The van der Waals surface area contributed by atoms with Gasteiger partial charge in [-0.3, -0.25) is 9.52 Å². The summed E-state index contributed by atoms with van der Waals surface area (Å²) in [5, 5.41) is 9.22. The minimum atomic E-state index is -3.37. The van der Waals surface area contributed by atoms with Gasteiger partial charge >= 0.3 is 5.97 Å². The highest BCUT2D eigenvalue weighted by molar-refractivity contribution is 7.92. The largest absolute Gasteiger partial charge is 0.486 e. The summed E-state index contributed by atoms with van der Waals surface area (Å²) in [7, 11) is -3.37. The Labute approximate surface area is 155 Å². The molecule has 2 N–H and O–H groups in total. The monoisotopic (exact) mass is 403 g/mol. The van der Waals surface area contributed by atoms with E-state index in [1.54, 1.807) is 24.3 Å². The van der Waals surface area contributed by atoms with E-state index in [1.165, 1.54) is 12.1 Å². The lowest BCUT2D eigenvalue weighted by Gasteiger charge is -2.12. The number of sulfonamides is 1. The summed E-state index contributed by atoms with van der Waals surface area (Å²) in [6, 6.07) is 9.66. The maximum atomic E-state index is 11.3. The molecule has 0 amide bonds. The fourth-order valence-electron chi connectivity index (χ4n) is 2.12.